The Morgan fingerprint density at radius 3 is 2.25 bits per heavy atom. The van der Waals surface area contributed by atoms with E-state index in [0.29, 0.717) is 5.92 Å². The van der Waals surface area contributed by atoms with Gasteiger partial charge in [0, 0.05) is 11.8 Å². The molecule has 3 N–H and O–H groups in total. The van der Waals surface area contributed by atoms with Crippen LogP contribution >= 0.6 is 11.6 Å². The van der Waals surface area contributed by atoms with E-state index < -0.39 is 5.72 Å². The smallest absolute Gasteiger partial charge is 0.113 e. The van der Waals surface area contributed by atoms with Gasteiger partial charge in [0.2, 0.25) is 0 Å². The Balaban J connectivity index is 2.36. The van der Waals surface area contributed by atoms with Gasteiger partial charge in [0.05, 0.1) is 0 Å². The van der Waals surface area contributed by atoms with Gasteiger partial charge in [-0.25, -0.2) is 0 Å². The first kappa shape index (κ1) is 10.3. The summed E-state index contributed by atoms with van der Waals surface area (Å²) in [4.78, 5) is 0. The van der Waals surface area contributed by atoms with Crippen LogP contribution in [0.15, 0.2) is 0 Å². The molecule has 1 rings (SSSR count). The molecule has 0 spiro atoms. The predicted molar refractivity (Wildman–Crippen MR) is 51.0 cm³/mol. The minimum absolute atomic E-state index is 0.261. The summed E-state index contributed by atoms with van der Waals surface area (Å²) in [6.07, 6.45) is 4.25. The molecule has 1 aliphatic rings. The summed E-state index contributed by atoms with van der Waals surface area (Å²) in [5.41, 5.74) is 4.63. The molecule has 1 unspecified atom stereocenters. The number of halogens is 1. The highest BCUT2D eigenvalue weighted by Crippen LogP contribution is 2.33. The number of aliphatic hydroxyl groups is 1. The summed E-state index contributed by atoms with van der Waals surface area (Å²) >= 11 is 5.75. The minimum atomic E-state index is -0.989. The summed E-state index contributed by atoms with van der Waals surface area (Å²) in [6.45, 7) is 1.69. The summed E-state index contributed by atoms with van der Waals surface area (Å²) in [5, 5.41) is 9.55. The maximum absolute atomic E-state index is 9.55. The fourth-order valence-electron chi connectivity index (χ4n) is 1.90. The van der Waals surface area contributed by atoms with Crippen molar-refractivity contribution in [2.45, 2.75) is 38.3 Å². The van der Waals surface area contributed by atoms with Gasteiger partial charge in [-0.1, -0.05) is 0 Å². The summed E-state index contributed by atoms with van der Waals surface area (Å²) in [6, 6.07) is 0. The van der Waals surface area contributed by atoms with Gasteiger partial charge in [0.25, 0.3) is 0 Å². The van der Waals surface area contributed by atoms with Crippen molar-refractivity contribution >= 4 is 11.6 Å². The van der Waals surface area contributed by atoms with Crippen LogP contribution in [0.1, 0.15) is 32.6 Å². The van der Waals surface area contributed by atoms with Crippen molar-refractivity contribution in [3.63, 3.8) is 0 Å². The van der Waals surface area contributed by atoms with Crippen LogP contribution in [0.25, 0.3) is 0 Å². The van der Waals surface area contributed by atoms with Gasteiger partial charge in [-0.05, 0) is 38.5 Å². The maximum Gasteiger partial charge on any atom is 0.113 e. The van der Waals surface area contributed by atoms with Gasteiger partial charge in [-0.15, -0.1) is 11.6 Å². The van der Waals surface area contributed by atoms with E-state index in [-0.39, 0.29) is 5.92 Å². The average Bonchev–Trinajstić information content (AvgIpc) is 2.03. The lowest BCUT2D eigenvalue weighted by atomic mass is 9.78. The topological polar surface area (TPSA) is 46.2 Å². The van der Waals surface area contributed by atoms with E-state index in [2.05, 4.69) is 0 Å². The van der Waals surface area contributed by atoms with E-state index in [0.717, 1.165) is 31.6 Å². The summed E-state index contributed by atoms with van der Waals surface area (Å²) < 4.78 is 0. The molecule has 1 atom stereocenters. The molecule has 72 valence electrons. The van der Waals surface area contributed by atoms with Crippen molar-refractivity contribution in [2.24, 2.45) is 17.6 Å². The van der Waals surface area contributed by atoms with Gasteiger partial charge in [-0.2, -0.15) is 0 Å². The minimum Gasteiger partial charge on any atom is -0.376 e. The second-order valence-corrected chi connectivity index (χ2v) is 4.41. The monoisotopic (exact) mass is 191 g/mol. The first-order valence-corrected chi connectivity index (χ1v) is 5.14. The van der Waals surface area contributed by atoms with E-state index in [1.807, 2.05) is 0 Å². The molecular weight excluding hydrogens is 174 g/mol. The highest BCUT2D eigenvalue weighted by Gasteiger charge is 2.31. The molecule has 0 aromatic carbocycles. The Morgan fingerprint density at radius 1 is 1.42 bits per heavy atom. The molecule has 3 heteroatoms. The third kappa shape index (κ3) is 2.61. The molecule has 0 aromatic rings. The molecule has 0 radical (unpaired) electrons. The Bertz CT molecular complexity index is 136. The second-order valence-electron chi connectivity index (χ2n) is 4.10. The van der Waals surface area contributed by atoms with Crippen molar-refractivity contribution < 1.29 is 5.11 Å². The highest BCUT2D eigenvalue weighted by atomic mass is 35.5. The number of alkyl halides is 1. The van der Waals surface area contributed by atoms with Crippen LogP contribution in [0, 0.1) is 11.8 Å². The van der Waals surface area contributed by atoms with Crippen LogP contribution in [0.3, 0.4) is 0 Å². The van der Waals surface area contributed by atoms with Gasteiger partial charge in [0.1, 0.15) is 5.72 Å². The Morgan fingerprint density at radius 2 is 1.92 bits per heavy atom. The van der Waals surface area contributed by atoms with Crippen molar-refractivity contribution in [1.29, 1.82) is 0 Å². The van der Waals surface area contributed by atoms with Crippen LogP contribution in [0.5, 0.6) is 0 Å². The molecule has 0 heterocycles. The van der Waals surface area contributed by atoms with Crippen molar-refractivity contribution in [3.8, 4) is 0 Å². The van der Waals surface area contributed by atoms with Crippen molar-refractivity contribution in [1.82, 2.24) is 0 Å². The Kier molecular flexibility index (Phi) is 3.38. The molecule has 2 nitrogen and oxygen atoms in total. The molecule has 1 fully saturated rings. The van der Waals surface area contributed by atoms with Crippen LogP contribution in [-0.2, 0) is 0 Å². The van der Waals surface area contributed by atoms with Crippen molar-refractivity contribution in [2.75, 3.05) is 5.88 Å². The van der Waals surface area contributed by atoms with Gasteiger partial charge >= 0.3 is 0 Å². The number of hydrogen-bond acceptors (Lipinski definition) is 2. The lowest BCUT2D eigenvalue weighted by Gasteiger charge is -2.34. The fourth-order valence-corrected chi connectivity index (χ4v) is 2.21. The fraction of sp³-hybridized carbons (Fsp3) is 1.00. The lowest BCUT2D eigenvalue weighted by Crippen LogP contribution is -2.45. The van der Waals surface area contributed by atoms with E-state index in [9.17, 15) is 5.11 Å². The standard InChI is InChI=1S/C9H18ClNO/c1-9(11,12)8-4-2-7(6-10)3-5-8/h7-8,12H,2-6,11H2,1H3. The summed E-state index contributed by atoms with van der Waals surface area (Å²) in [5.74, 6) is 1.65. The van der Waals surface area contributed by atoms with Crippen LogP contribution in [0.4, 0.5) is 0 Å². The molecule has 0 bridgehead atoms. The van der Waals surface area contributed by atoms with E-state index in [4.69, 9.17) is 17.3 Å². The predicted octanol–water partition coefficient (Wildman–Crippen LogP) is 1.70. The first-order valence-electron chi connectivity index (χ1n) is 4.61. The van der Waals surface area contributed by atoms with Gasteiger partial charge in [0.15, 0.2) is 0 Å². The largest absolute Gasteiger partial charge is 0.376 e. The molecule has 0 aliphatic heterocycles. The third-order valence-electron chi connectivity index (χ3n) is 2.89. The average molecular weight is 192 g/mol. The number of nitrogens with two attached hydrogens (primary N) is 1. The zero-order chi connectivity index (χ0) is 9.19. The first-order chi connectivity index (χ1) is 5.54. The normalized spacial score (nSPS) is 36.0. The number of hydrogen-bond donors (Lipinski definition) is 2. The molecule has 0 saturated heterocycles. The SMILES string of the molecule is CC(N)(O)C1CCC(CCl)CC1. The Labute approximate surface area is 79.1 Å². The lowest BCUT2D eigenvalue weighted by molar-refractivity contribution is -0.0155. The number of rotatable bonds is 2. The summed E-state index contributed by atoms with van der Waals surface area (Å²) in [7, 11) is 0. The van der Waals surface area contributed by atoms with Crippen molar-refractivity contribution in [3.05, 3.63) is 0 Å². The maximum atomic E-state index is 9.55. The van der Waals surface area contributed by atoms with Crippen LogP contribution in [0.2, 0.25) is 0 Å². The highest BCUT2D eigenvalue weighted by molar-refractivity contribution is 6.18. The van der Waals surface area contributed by atoms with E-state index in [1.54, 1.807) is 6.92 Å². The van der Waals surface area contributed by atoms with E-state index >= 15 is 0 Å². The van der Waals surface area contributed by atoms with Crippen LogP contribution < -0.4 is 5.73 Å². The molecule has 0 amide bonds. The molecule has 0 aromatic heterocycles. The third-order valence-corrected chi connectivity index (χ3v) is 3.33. The molecule has 1 saturated carbocycles. The van der Waals surface area contributed by atoms with Gasteiger partial charge < -0.3 is 10.8 Å². The zero-order valence-electron chi connectivity index (χ0n) is 7.59. The molecular formula is C9H18ClNO. The quantitative estimate of drug-likeness (QED) is 0.516. The Hall–Kier alpha value is 0.210. The molecule has 1 aliphatic carbocycles. The molecule has 12 heavy (non-hydrogen) atoms. The second kappa shape index (κ2) is 3.95. The van der Waals surface area contributed by atoms with Crippen LogP contribution in [-0.4, -0.2) is 16.7 Å². The van der Waals surface area contributed by atoms with E-state index in [1.165, 1.54) is 0 Å². The zero-order valence-corrected chi connectivity index (χ0v) is 8.35. The van der Waals surface area contributed by atoms with Gasteiger partial charge in [-0.3, -0.25) is 0 Å².